The molecule has 1 amide bonds. The maximum atomic E-state index is 12.4. The maximum Gasteiger partial charge on any atom is 0.284 e. The van der Waals surface area contributed by atoms with Crippen molar-refractivity contribution >= 4 is 44.0 Å². The van der Waals surface area contributed by atoms with E-state index in [1.165, 1.54) is 29.5 Å². The van der Waals surface area contributed by atoms with Gasteiger partial charge in [0.05, 0.1) is 29.3 Å². The molecule has 28 heavy (non-hydrogen) atoms. The van der Waals surface area contributed by atoms with Crippen molar-refractivity contribution in [1.82, 2.24) is 4.98 Å². The van der Waals surface area contributed by atoms with Crippen LogP contribution < -0.4 is 14.8 Å². The Hall–Kier alpha value is -2.98. The molecule has 2 aromatic carbocycles. The summed E-state index contributed by atoms with van der Waals surface area (Å²) in [7, 11) is 3.10. The van der Waals surface area contributed by atoms with Gasteiger partial charge < -0.3 is 9.47 Å². The van der Waals surface area contributed by atoms with Crippen molar-refractivity contribution in [1.29, 1.82) is 0 Å². The van der Waals surface area contributed by atoms with Gasteiger partial charge in [-0.2, -0.15) is 0 Å². The van der Waals surface area contributed by atoms with E-state index in [0.29, 0.717) is 26.8 Å². The number of anilines is 1. The van der Waals surface area contributed by atoms with Gasteiger partial charge in [0.25, 0.3) is 11.6 Å². The van der Waals surface area contributed by atoms with Crippen molar-refractivity contribution in [3.63, 3.8) is 0 Å². The molecule has 3 aromatic rings. The number of rotatable bonds is 6. The van der Waals surface area contributed by atoms with E-state index in [1.807, 2.05) is 6.07 Å². The third-order valence-electron chi connectivity index (χ3n) is 3.81. The molecule has 0 bridgehead atoms. The Morgan fingerprint density at radius 3 is 2.61 bits per heavy atom. The number of nitro groups is 1. The fourth-order valence-corrected chi connectivity index (χ4v) is 3.53. The van der Waals surface area contributed by atoms with Gasteiger partial charge in [0.15, 0.2) is 16.6 Å². The Morgan fingerprint density at radius 2 is 1.93 bits per heavy atom. The van der Waals surface area contributed by atoms with Crippen molar-refractivity contribution in [2.75, 3.05) is 19.5 Å². The van der Waals surface area contributed by atoms with Crippen LogP contribution in [0.3, 0.4) is 0 Å². The summed E-state index contributed by atoms with van der Waals surface area (Å²) < 4.78 is 10.8. The zero-order valence-corrected chi connectivity index (χ0v) is 17.2. The van der Waals surface area contributed by atoms with Crippen molar-refractivity contribution in [3.05, 3.63) is 61.9 Å². The van der Waals surface area contributed by atoms with Gasteiger partial charge in [0.2, 0.25) is 0 Å². The molecule has 0 aliphatic carbocycles. The van der Waals surface area contributed by atoms with Gasteiger partial charge in [-0.05, 0) is 46.3 Å². The van der Waals surface area contributed by atoms with Crippen LogP contribution in [0.1, 0.15) is 10.4 Å². The fourth-order valence-electron chi connectivity index (χ4n) is 2.42. The number of carbonyl (C=O) groups excluding carboxylic acids is 1. The van der Waals surface area contributed by atoms with E-state index in [1.54, 1.807) is 31.7 Å². The number of nitrogens with zero attached hydrogens (tertiary/aromatic N) is 2. The zero-order chi connectivity index (χ0) is 20.3. The molecule has 1 N–H and O–H groups in total. The Bertz CT molecular complexity index is 1050. The molecule has 0 aliphatic heterocycles. The lowest BCUT2D eigenvalue weighted by Gasteiger charge is -2.08. The number of benzene rings is 2. The predicted molar refractivity (Wildman–Crippen MR) is 109 cm³/mol. The lowest BCUT2D eigenvalue weighted by atomic mass is 10.1. The predicted octanol–water partition coefficient (Wildman–Crippen LogP) is 4.75. The number of nitrogens with one attached hydrogen (secondary N) is 1. The molecule has 0 atom stereocenters. The highest BCUT2D eigenvalue weighted by Crippen LogP contribution is 2.33. The SMILES string of the molecule is COc1ccc(-c2csc(NC(=O)c3ccc(Br)c([N+](=O)[O-])c3)n2)cc1OC. The van der Waals surface area contributed by atoms with Crippen LogP contribution in [0, 0.1) is 10.1 Å². The summed E-state index contributed by atoms with van der Waals surface area (Å²) in [5.41, 5.74) is 1.44. The highest BCUT2D eigenvalue weighted by molar-refractivity contribution is 9.10. The van der Waals surface area contributed by atoms with Crippen LogP contribution in [0.5, 0.6) is 11.5 Å². The number of thiazole rings is 1. The number of aromatic nitrogens is 1. The summed E-state index contributed by atoms with van der Waals surface area (Å²) in [6.45, 7) is 0. The van der Waals surface area contributed by atoms with Gasteiger partial charge >= 0.3 is 0 Å². The smallest absolute Gasteiger partial charge is 0.284 e. The molecule has 0 unspecified atom stereocenters. The number of nitro benzene ring substituents is 1. The van der Waals surface area contributed by atoms with Crippen LogP contribution in [0.2, 0.25) is 0 Å². The van der Waals surface area contributed by atoms with Gasteiger partial charge in [-0.25, -0.2) is 4.98 Å². The van der Waals surface area contributed by atoms with Crippen LogP contribution in [0.4, 0.5) is 10.8 Å². The second-order valence-corrected chi connectivity index (χ2v) is 7.20. The third-order valence-corrected chi connectivity index (χ3v) is 5.24. The summed E-state index contributed by atoms with van der Waals surface area (Å²) in [5, 5.41) is 15.9. The molecule has 0 spiro atoms. The van der Waals surface area contributed by atoms with Crippen LogP contribution in [-0.2, 0) is 0 Å². The van der Waals surface area contributed by atoms with Gasteiger partial charge in [-0.3, -0.25) is 20.2 Å². The molecule has 8 nitrogen and oxygen atoms in total. The van der Waals surface area contributed by atoms with Gasteiger partial charge in [-0.1, -0.05) is 0 Å². The standard InChI is InChI=1S/C18H14BrN3O5S/c1-26-15-6-4-10(8-16(15)27-2)13-9-28-18(20-13)21-17(23)11-3-5-12(19)14(7-11)22(24)25/h3-9H,1-2H3,(H,20,21,23). The van der Waals surface area contributed by atoms with E-state index < -0.39 is 10.8 Å². The van der Waals surface area contributed by atoms with E-state index in [9.17, 15) is 14.9 Å². The number of methoxy groups -OCH3 is 2. The second-order valence-electron chi connectivity index (χ2n) is 5.49. The zero-order valence-electron chi connectivity index (χ0n) is 14.8. The van der Waals surface area contributed by atoms with Gasteiger partial charge in [0.1, 0.15) is 0 Å². The van der Waals surface area contributed by atoms with E-state index in [0.717, 1.165) is 5.56 Å². The highest BCUT2D eigenvalue weighted by atomic mass is 79.9. The lowest BCUT2D eigenvalue weighted by molar-refractivity contribution is -0.385. The maximum absolute atomic E-state index is 12.4. The molecular formula is C18H14BrN3O5S. The van der Waals surface area contributed by atoms with Crippen LogP contribution in [-0.4, -0.2) is 30.0 Å². The average Bonchev–Trinajstić information content (AvgIpc) is 3.15. The summed E-state index contributed by atoms with van der Waals surface area (Å²) in [6.07, 6.45) is 0. The molecule has 0 saturated heterocycles. The Labute approximate surface area is 172 Å². The molecule has 1 heterocycles. The Balaban J connectivity index is 1.81. The Kier molecular flexibility index (Phi) is 5.90. The first-order valence-corrected chi connectivity index (χ1v) is 9.53. The Morgan fingerprint density at radius 1 is 1.18 bits per heavy atom. The summed E-state index contributed by atoms with van der Waals surface area (Å²) in [4.78, 5) is 27.3. The third kappa shape index (κ3) is 4.12. The molecule has 10 heteroatoms. The average molecular weight is 464 g/mol. The lowest BCUT2D eigenvalue weighted by Crippen LogP contribution is -2.12. The van der Waals surface area contributed by atoms with E-state index in [2.05, 4.69) is 26.2 Å². The minimum Gasteiger partial charge on any atom is -0.493 e. The van der Waals surface area contributed by atoms with E-state index in [-0.39, 0.29) is 11.3 Å². The monoisotopic (exact) mass is 463 g/mol. The topological polar surface area (TPSA) is 104 Å². The van der Waals surface area contributed by atoms with E-state index in [4.69, 9.17) is 9.47 Å². The molecule has 0 radical (unpaired) electrons. The van der Waals surface area contributed by atoms with Crippen molar-refractivity contribution in [3.8, 4) is 22.8 Å². The van der Waals surface area contributed by atoms with Gasteiger partial charge in [-0.15, -0.1) is 11.3 Å². The summed E-state index contributed by atoms with van der Waals surface area (Å²) in [5.74, 6) is 0.691. The van der Waals surface area contributed by atoms with Crippen molar-refractivity contribution < 1.29 is 19.2 Å². The largest absolute Gasteiger partial charge is 0.493 e. The van der Waals surface area contributed by atoms with Crippen LogP contribution in [0.25, 0.3) is 11.3 Å². The molecular weight excluding hydrogens is 450 g/mol. The molecule has 0 saturated carbocycles. The highest BCUT2D eigenvalue weighted by Gasteiger charge is 2.17. The summed E-state index contributed by atoms with van der Waals surface area (Å²) in [6, 6.07) is 9.56. The van der Waals surface area contributed by atoms with Crippen molar-refractivity contribution in [2.45, 2.75) is 0 Å². The number of ether oxygens (including phenoxy) is 2. The number of hydrogen-bond acceptors (Lipinski definition) is 7. The van der Waals surface area contributed by atoms with Gasteiger partial charge in [0, 0.05) is 22.6 Å². The second kappa shape index (κ2) is 8.36. The number of carbonyl (C=O) groups is 1. The fraction of sp³-hybridized carbons (Fsp3) is 0.111. The molecule has 3 rings (SSSR count). The quantitative estimate of drug-likeness (QED) is 0.417. The molecule has 0 fully saturated rings. The van der Waals surface area contributed by atoms with Crippen LogP contribution in [0.15, 0.2) is 46.3 Å². The van der Waals surface area contributed by atoms with Crippen LogP contribution >= 0.6 is 27.3 Å². The normalized spacial score (nSPS) is 10.4. The summed E-state index contributed by atoms with van der Waals surface area (Å²) >= 11 is 4.34. The first kappa shape index (κ1) is 19.8. The molecule has 144 valence electrons. The van der Waals surface area contributed by atoms with Crippen molar-refractivity contribution in [2.24, 2.45) is 0 Å². The number of halogens is 1. The van der Waals surface area contributed by atoms with E-state index >= 15 is 0 Å². The number of hydrogen-bond donors (Lipinski definition) is 1. The first-order valence-electron chi connectivity index (χ1n) is 7.86. The first-order chi connectivity index (χ1) is 13.4. The molecule has 1 aromatic heterocycles. The minimum absolute atomic E-state index is 0.165. The molecule has 0 aliphatic rings. The minimum atomic E-state index is -0.556. The number of amides is 1.